The molecule has 2 aliphatic rings. The van der Waals surface area contributed by atoms with Crippen LogP contribution in [0.4, 0.5) is 123 Å². The van der Waals surface area contributed by atoms with Crippen LogP contribution in [0.2, 0.25) is 0 Å². The van der Waals surface area contributed by atoms with E-state index in [1.807, 2.05) is 0 Å². The van der Waals surface area contributed by atoms with Crippen LogP contribution in [0.3, 0.4) is 0 Å². The van der Waals surface area contributed by atoms with Gasteiger partial charge in [-0.3, -0.25) is 0 Å². The molecule has 0 saturated carbocycles. The number of nitrogens with one attached hydrogen (secondary N) is 2. The standard InChI is InChI=1S/C44H2F28N4/c45-9-1(10(46)18(54)25(61)17(9)53)5-37-29(65)31(67)39(73-37)6(2-11(47)19(55)26(62)20(56)12(2)48)41-33(69)35(71)43(75-41)8(4-15(51)23(59)28(64)24(60)16(4)52)44-36(72)34(70)42(76-44)7(40-32(68)30(66)38(5)74-40)3-13(49)21(57)27(63)22(58)14(3)50/h73,76H. The summed E-state index contributed by atoms with van der Waals surface area (Å²) in [5.74, 6) is -91.5. The van der Waals surface area contributed by atoms with E-state index in [2.05, 4.69) is 9.97 Å². The van der Waals surface area contributed by atoms with Crippen molar-refractivity contribution >= 4 is 45.4 Å². The number of nitrogens with zero attached hydrogens (tertiary/aromatic N) is 2. The molecular formula is C44H2F28N4. The quantitative estimate of drug-likeness (QED) is 0.105. The van der Waals surface area contributed by atoms with E-state index < -0.39 is 252 Å². The molecule has 0 spiro atoms. The predicted molar refractivity (Wildman–Crippen MR) is 200 cm³/mol. The normalized spacial score (nSPS) is 12.9. The summed E-state index contributed by atoms with van der Waals surface area (Å²) in [6, 6.07) is 0. The Hall–Kier alpha value is -8.48. The lowest BCUT2D eigenvalue weighted by molar-refractivity contribution is 0.381. The molecule has 2 N–H and O–H groups in total. The van der Waals surface area contributed by atoms with Gasteiger partial charge in [0.25, 0.3) is 0 Å². The lowest BCUT2D eigenvalue weighted by atomic mass is 10.00. The van der Waals surface area contributed by atoms with Crippen LogP contribution in [0.15, 0.2) is 0 Å². The zero-order chi connectivity index (χ0) is 56.2. The average Bonchev–Trinajstić information content (AvgIpc) is 4.06. The second-order valence-corrected chi connectivity index (χ2v) is 15.2. The molecule has 0 atom stereocenters. The Balaban J connectivity index is 1.75. The van der Waals surface area contributed by atoms with E-state index in [1.54, 1.807) is 0 Å². The molecule has 4 aromatic carbocycles. The number of H-pyrrole nitrogens is 2. The number of fused-ring (bicyclic) bond motifs is 8. The first-order chi connectivity index (χ1) is 35.4. The molecule has 0 radical (unpaired) electrons. The highest BCUT2D eigenvalue weighted by Gasteiger charge is 2.42. The lowest BCUT2D eigenvalue weighted by Gasteiger charge is -2.11. The summed E-state index contributed by atoms with van der Waals surface area (Å²) in [4.78, 5) is 7.77. The highest BCUT2D eigenvalue weighted by Crippen LogP contribution is 2.51. The molecule has 7 aromatic rings. The first-order valence-corrected chi connectivity index (χ1v) is 19.2. The molecule has 0 aliphatic carbocycles. The molecule has 0 saturated heterocycles. The van der Waals surface area contributed by atoms with Gasteiger partial charge in [-0.2, -0.15) is 0 Å². The Labute approximate surface area is 395 Å². The van der Waals surface area contributed by atoms with Gasteiger partial charge in [-0.05, 0) is 0 Å². The van der Waals surface area contributed by atoms with Crippen LogP contribution in [-0.2, 0) is 0 Å². The molecule has 76 heavy (non-hydrogen) atoms. The zero-order valence-corrected chi connectivity index (χ0v) is 34.5. The van der Waals surface area contributed by atoms with Crippen molar-refractivity contribution in [3.8, 4) is 44.5 Å². The predicted octanol–water partition coefficient (Wildman–Crippen LogP) is 15.9. The van der Waals surface area contributed by atoms with Crippen molar-refractivity contribution in [2.75, 3.05) is 0 Å². The van der Waals surface area contributed by atoms with Crippen LogP contribution in [0.5, 0.6) is 0 Å². The minimum Gasteiger partial charge on any atom is -0.349 e. The third-order valence-electron chi connectivity index (χ3n) is 11.2. The summed E-state index contributed by atoms with van der Waals surface area (Å²) in [5.41, 5.74) is -44.5. The zero-order valence-electron chi connectivity index (χ0n) is 34.5. The van der Waals surface area contributed by atoms with Crippen molar-refractivity contribution in [2.24, 2.45) is 0 Å². The molecule has 0 amide bonds. The summed E-state index contributed by atoms with van der Waals surface area (Å²) in [6.45, 7) is 0. The molecule has 5 heterocycles. The van der Waals surface area contributed by atoms with Gasteiger partial charge in [0, 0.05) is 22.3 Å². The molecule has 4 nitrogen and oxygen atoms in total. The number of hydrogen-bond acceptors (Lipinski definition) is 2. The van der Waals surface area contributed by atoms with Gasteiger partial charge in [-0.25, -0.2) is 133 Å². The Morgan fingerprint density at radius 2 is 0.289 bits per heavy atom. The van der Waals surface area contributed by atoms with E-state index in [4.69, 9.17) is 0 Å². The SMILES string of the molecule is FC1=C(F)c2nc1c(-c1c(F)c(F)c(F)c(F)c1F)c1[nH]c(c(F)c1F)c(-c1c(F)c(F)c(F)c(F)c1F)c1nc(c(-c3c(F)c(F)c(F)c(F)c3F)c3[nH]c(c(F)c3F)c2-c2c(F)c(F)c(F)c(F)c2F)C(F)=C1F. The summed E-state index contributed by atoms with van der Waals surface area (Å²) >= 11 is 0. The highest BCUT2D eigenvalue weighted by molar-refractivity contribution is 6.05. The lowest BCUT2D eigenvalue weighted by Crippen LogP contribution is -2.06. The maximum absolute atomic E-state index is 16.6. The fourth-order valence-electron chi connectivity index (χ4n) is 7.84. The Kier molecular flexibility index (Phi) is 12.1. The van der Waals surface area contributed by atoms with Gasteiger partial charge in [0.05, 0.1) is 44.3 Å². The van der Waals surface area contributed by atoms with Gasteiger partial charge in [0.1, 0.15) is 22.8 Å². The van der Waals surface area contributed by atoms with Gasteiger partial charge >= 0.3 is 0 Å². The minimum atomic E-state index is -3.32. The maximum Gasteiger partial charge on any atom is 0.200 e. The van der Waals surface area contributed by atoms with Gasteiger partial charge in [0.2, 0.25) is 23.3 Å². The van der Waals surface area contributed by atoms with E-state index in [-0.39, 0.29) is 0 Å². The van der Waals surface area contributed by atoms with Crippen molar-refractivity contribution in [3.05, 3.63) is 162 Å². The second kappa shape index (κ2) is 17.6. The number of hydrogen-bond donors (Lipinski definition) is 2. The van der Waals surface area contributed by atoms with Crippen LogP contribution in [-0.4, -0.2) is 19.9 Å². The number of rotatable bonds is 4. The summed E-state index contributed by atoms with van der Waals surface area (Å²) in [6.07, 6.45) is 0. The van der Waals surface area contributed by atoms with Gasteiger partial charge < -0.3 is 9.97 Å². The van der Waals surface area contributed by atoms with Crippen LogP contribution in [0, 0.1) is 140 Å². The van der Waals surface area contributed by atoms with Crippen LogP contribution >= 0.6 is 0 Å². The third-order valence-corrected chi connectivity index (χ3v) is 11.2. The van der Waals surface area contributed by atoms with Crippen LogP contribution in [0.1, 0.15) is 22.8 Å². The van der Waals surface area contributed by atoms with Gasteiger partial charge in [0.15, 0.2) is 140 Å². The molecule has 32 heteroatoms. The van der Waals surface area contributed by atoms with Gasteiger partial charge in [-0.1, -0.05) is 0 Å². The number of halogens is 28. The number of benzene rings is 4. The Morgan fingerprint density at radius 3 is 0.434 bits per heavy atom. The summed E-state index contributed by atoms with van der Waals surface area (Å²) < 4.78 is 437. The van der Waals surface area contributed by atoms with E-state index in [9.17, 15) is 52.7 Å². The molecular weight excluding hydrogens is 1120 g/mol. The molecule has 0 unspecified atom stereocenters. The van der Waals surface area contributed by atoms with Crippen molar-refractivity contribution in [1.82, 2.24) is 19.9 Å². The summed E-state index contributed by atoms with van der Waals surface area (Å²) in [7, 11) is 0. The molecule has 3 aromatic heterocycles. The van der Waals surface area contributed by atoms with E-state index in [0.29, 0.717) is 0 Å². The first-order valence-electron chi connectivity index (χ1n) is 19.2. The Morgan fingerprint density at radius 1 is 0.158 bits per heavy atom. The highest BCUT2D eigenvalue weighted by atomic mass is 19.2. The Bertz CT molecular complexity index is 3520. The van der Waals surface area contributed by atoms with Crippen molar-refractivity contribution in [3.63, 3.8) is 0 Å². The van der Waals surface area contributed by atoms with Crippen LogP contribution < -0.4 is 0 Å². The van der Waals surface area contributed by atoms with E-state index >= 15 is 70.2 Å². The maximum atomic E-state index is 16.6. The third kappa shape index (κ3) is 6.85. The molecule has 0 fully saturated rings. The molecule has 394 valence electrons. The molecule has 2 aliphatic heterocycles. The minimum absolute atomic E-state index is 1.03. The fraction of sp³-hybridized carbons (Fsp3) is 0. The first kappa shape index (κ1) is 52.4. The topological polar surface area (TPSA) is 57.4 Å². The average molecular weight is 1120 g/mol. The molecule has 8 bridgehead atoms. The second-order valence-electron chi connectivity index (χ2n) is 15.2. The van der Waals surface area contributed by atoms with E-state index in [0.717, 1.165) is 9.97 Å². The monoisotopic (exact) mass is 1120 g/mol. The van der Waals surface area contributed by atoms with Crippen LogP contribution in [0.25, 0.3) is 89.9 Å². The van der Waals surface area contributed by atoms with E-state index in [1.165, 1.54) is 0 Å². The van der Waals surface area contributed by atoms with Crippen molar-refractivity contribution in [1.29, 1.82) is 0 Å². The van der Waals surface area contributed by atoms with Gasteiger partial charge in [-0.15, -0.1) is 0 Å². The smallest absolute Gasteiger partial charge is 0.200 e. The molecule has 9 rings (SSSR count). The number of aromatic amines is 2. The number of aromatic nitrogens is 4. The summed E-state index contributed by atoms with van der Waals surface area (Å²) in [5, 5.41) is 0. The fourth-order valence-corrected chi connectivity index (χ4v) is 7.84. The van der Waals surface area contributed by atoms with Crippen molar-refractivity contribution in [2.45, 2.75) is 0 Å². The van der Waals surface area contributed by atoms with Crippen molar-refractivity contribution < 1.29 is 123 Å². The largest absolute Gasteiger partial charge is 0.349 e.